The van der Waals surface area contributed by atoms with Gasteiger partial charge in [0.15, 0.2) is 6.61 Å². The fraction of sp³-hybridized carbons (Fsp3) is 0.400. The van der Waals surface area contributed by atoms with E-state index < -0.39 is 18.3 Å². The van der Waals surface area contributed by atoms with E-state index in [1.165, 1.54) is 19.5 Å². The van der Waals surface area contributed by atoms with Gasteiger partial charge in [-0.15, -0.1) is 5.10 Å². The van der Waals surface area contributed by atoms with Crippen molar-refractivity contribution in [3.8, 4) is 0 Å². The molecule has 0 aromatic heterocycles. The Labute approximate surface area is 168 Å². The van der Waals surface area contributed by atoms with Crippen LogP contribution in [-0.4, -0.2) is 45.4 Å². The SMILES string of the molecule is C=N/C=C(C=NC1(c2ccccc2)CCCC1)/C(=N/N=C)OCC(F)(F)F.CN. The molecule has 2 rings (SSSR count). The van der Waals surface area contributed by atoms with Crippen LogP contribution in [0, 0.1) is 0 Å². The Bertz CT molecular complexity index is 736. The molecule has 0 aliphatic heterocycles. The van der Waals surface area contributed by atoms with Gasteiger partial charge in [0.2, 0.25) is 5.90 Å². The first kappa shape index (κ1) is 24.2. The summed E-state index contributed by atoms with van der Waals surface area (Å²) in [5.41, 5.74) is 5.27. The van der Waals surface area contributed by atoms with Crippen molar-refractivity contribution < 1.29 is 17.9 Å². The molecule has 0 unspecified atom stereocenters. The van der Waals surface area contributed by atoms with Gasteiger partial charge in [0, 0.05) is 19.1 Å². The topological polar surface area (TPSA) is 84.7 Å². The van der Waals surface area contributed by atoms with Crippen LogP contribution < -0.4 is 5.73 Å². The second-order valence-electron chi connectivity index (χ2n) is 6.08. The van der Waals surface area contributed by atoms with Crippen LogP contribution in [-0.2, 0) is 10.3 Å². The van der Waals surface area contributed by atoms with Gasteiger partial charge in [0.05, 0.1) is 11.1 Å². The number of hydrogen-bond acceptors (Lipinski definition) is 6. The Kier molecular flexibility index (Phi) is 9.94. The Hall–Kier alpha value is -2.81. The number of aliphatic imine (C=N–C) groups is 2. The van der Waals surface area contributed by atoms with Gasteiger partial charge in [-0.2, -0.15) is 18.3 Å². The molecule has 2 N–H and O–H groups in total. The zero-order valence-corrected chi connectivity index (χ0v) is 16.4. The lowest BCUT2D eigenvalue weighted by molar-refractivity contribution is -0.156. The first-order chi connectivity index (χ1) is 13.9. The summed E-state index contributed by atoms with van der Waals surface area (Å²) in [6.45, 7) is 5.00. The average Bonchev–Trinajstić information content (AvgIpc) is 3.20. The quantitative estimate of drug-likeness (QED) is 0.414. The summed E-state index contributed by atoms with van der Waals surface area (Å²) in [5.74, 6) is -0.361. The van der Waals surface area contributed by atoms with E-state index in [9.17, 15) is 13.2 Å². The number of hydrogen-bond donors (Lipinski definition) is 1. The molecule has 29 heavy (non-hydrogen) atoms. The molecule has 0 heterocycles. The molecule has 1 aromatic rings. The average molecular weight is 409 g/mol. The molecule has 0 atom stereocenters. The molecule has 0 radical (unpaired) electrons. The third-order valence-corrected chi connectivity index (χ3v) is 4.20. The number of halogens is 3. The van der Waals surface area contributed by atoms with Crippen molar-refractivity contribution >= 4 is 25.5 Å². The van der Waals surface area contributed by atoms with Crippen LogP contribution in [0.3, 0.4) is 0 Å². The lowest BCUT2D eigenvalue weighted by Crippen LogP contribution is -2.23. The number of benzene rings is 1. The fourth-order valence-electron chi connectivity index (χ4n) is 3.02. The Morgan fingerprint density at radius 1 is 1.17 bits per heavy atom. The van der Waals surface area contributed by atoms with Gasteiger partial charge < -0.3 is 10.5 Å². The second-order valence-corrected chi connectivity index (χ2v) is 6.08. The van der Waals surface area contributed by atoms with Crippen LogP contribution in [0.1, 0.15) is 31.2 Å². The zero-order valence-electron chi connectivity index (χ0n) is 16.4. The first-order valence-electron chi connectivity index (χ1n) is 8.98. The largest absolute Gasteiger partial charge is 0.466 e. The summed E-state index contributed by atoms with van der Waals surface area (Å²) in [5, 5.41) is 6.82. The molecule has 0 bridgehead atoms. The van der Waals surface area contributed by atoms with Gasteiger partial charge in [-0.25, -0.2) is 0 Å². The van der Waals surface area contributed by atoms with E-state index in [4.69, 9.17) is 9.73 Å². The highest BCUT2D eigenvalue weighted by atomic mass is 19.4. The zero-order chi connectivity index (χ0) is 21.8. The monoisotopic (exact) mass is 409 g/mol. The fourth-order valence-corrected chi connectivity index (χ4v) is 3.02. The Morgan fingerprint density at radius 3 is 2.31 bits per heavy atom. The van der Waals surface area contributed by atoms with E-state index >= 15 is 0 Å². The molecular weight excluding hydrogens is 383 g/mol. The van der Waals surface area contributed by atoms with Crippen LogP contribution in [0.5, 0.6) is 0 Å². The lowest BCUT2D eigenvalue weighted by atomic mass is 9.89. The van der Waals surface area contributed by atoms with Gasteiger partial charge in [-0.1, -0.05) is 43.2 Å². The molecule has 1 aliphatic carbocycles. The normalized spacial score (nSPS) is 16.9. The van der Waals surface area contributed by atoms with Crippen LogP contribution in [0.4, 0.5) is 13.2 Å². The number of alkyl halides is 3. The molecule has 0 amide bonds. The molecule has 158 valence electrons. The van der Waals surface area contributed by atoms with E-state index in [0.717, 1.165) is 31.2 Å². The minimum Gasteiger partial charge on any atom is -0.466 e. The predicted octanol–water partition coefficient (Wildman–Crippen LogP) is 4.28. The molecule has 6 nitrogen and oxygen atoms in total. The third-order valence-electron chi connectivity index (χ3n) is 4.20. The molecule has 0 spiro atoms. The summed E-state index contributed by atoms with van der Waals surface area (Å²) in [4.78, 5) is 8.32. The number of rotatable bonds is 7. The second kappa shape index (κ2) is 11.9. The third kappa shape index (κ3) is 7.61. The van der Waals surface area contributed by atoms with E-state index in [1.54, 1.807) is 0 Å². The molecule has 1 aliphatic rings. The smallest absolute Gasteiger partial charge is 0.422 e. The minimum atomic E-state index is -4.51. The predicted molar refractivity (Wildman–Crippen MR) is 112 cm³/mol. The van der Waals surface area contributed by atoms with Crippen molar-refractivity contribution in [2.24, 2.45) is 25.9 Å². The number of nitrogens with two attached hydrogens (primary N) is 1. The van der Waals surface area contributed by atoms with Crippen molar-refractivity contribution in [3.05, 3.63) is 47.7 Å². The summed E-state index contributed by atoms with van der Waals surface area (Å²) >= 11 is 0. The minimum absolute atomic E-state index is 0.142. The van der Waals surface area contributed by atoms with Crippen molar-refractivity contribution in [3.63, 3.8) is 0 Å². The summed E-state index contributed by atoms with van der Waals surface area (Å²) in [6.07, 6.45) is 1.87. The highest BCUT2D eigenvalue weighted by Gasteiger charge is 2.35. The highest BCUT2D eigenvalue weighted by molar-refractivity contribution is 6.12. The van der Waals surface area contributed by atoms with Gasteiger partial charge in [0.25, 0.3) is 0 Å². The van der Waals surface area contributed by atoms with Gasteiger partial charge in [-0.3, -0.25) is 9.98 Å². The number of ether oxygens (including phenoxy) is 1. The van der Waals surface area contributed by atoms with Crippen molar-refractivity contribution in [2.75, 3.05) is 13.7 Å². The summed E-state index contributed by atoms with van der Waals surface area (Å²) < 4.78 is 42.3. The summed E-state index contributed by atoms with van der Waals surface area (Å²) in [7, 11) is 1.50. The molecule has 0 saturated heterocycles. The van der Waals surface area contributed by atoms with E-state index in [2.05, 4.69) is 34.4 Å². The Morgan fingerprint density at radius 2 is 1.79 bits per heavy atom. The van der Waals surface area contributed by atoms with Crippen LogP contribution >= 0.6 is 0 Å². The van der Waals surface area contributed by atoms with Gasteiger partial charge in [0.1, 0.15) is 0 Å². The first-order valence-corrected chi connectivity index (χ1v) is 8.98. The van der Waals surface area contributed by atoms with E-state index in [0.29, 0.717) is 0 Å². The maximum Gasteiger partial charge on any atom is 0.422 e. The lowest BCUT2D eigenvalue weighted by Gasteiger charge is -2.25. The molecule has 1 aromatic carbocycles. The Balaban J connectivity index is 0.00000204. The van der Waals surface area contributed by atoms with Crippen LogP contribution in [0.2, 0.25) is 0 Å². The van der Waals surface area contributed by atoms with E-state index in [1.807, 2.05) is 30.3 Å². The van der Waals surface area contributed by atoms with Crippen molar-refractivity contribution in [1.29, 1.82) is 0 Å². The molecule has 1 fully saturated rings. The molecular formula is C20H26F3N5O. The number of nitrogens with zero attached hydrogens (tertiary/aromatic N) is 4. The van der Waals surface area contributed by atoms with Crippen LogP contribution in [0.25, 0.3) is 0 Å². The van der Waals surface area contributed by atoms with Gasteiger partial charge >= 0.3 is 6.18 Å². The molecule has 9 heteroatoms. The van der Waals surface area contributed by atoms with Crippen molar-refractivity contribution in [2.45, 2.75) is 37.4 Å². The van der Waals surface area contributed by atoms with Crippen molar-refractivity contribution in [1.82, 2.24) is 0 Å². The summed E-state index contributed by atoms with van der Waals surface area (Å²) in [6, 6.07) is 9.80. The maximum atomic E-state index is 12.5. The standard InChI is InChI=1S/C19H21F3N4O.CH5N/c1-23-12-15(17(26-24-2)27-14-19(20,21)22)13-25-18(10-6-7-11-18)16-8-4-3-5-9-16;1-2/h3-5,8-9,12-13H,1-2,6-7,10-11,14H2;2H2,1H3/b15-12+,25-13?,26-17-;. The highest BCUT2D eigenvalue weighted by Crippen LogP contribution is 2.42. The van der Waals surface area contributed by atoms with Crippen LogP contribution in [0.15, 0.2) is 62.3 Å². The maximum absolute atomic E-state index is 12.5. The van der Waals surface area contributed by atoms with Gasteiger partial charge in [-0.05, 0) is 32.2 Å². The molecule has 1 saturated carbocycles. The van der Waals surface area contributed by atoms with E-state index in [-0.39, 0.29) is 11.5 Å².